The molecule has 0 aromatic heterocycles. The highest BCUT2D eigenvalue weighted by Crippen LogP contribution is 2.03. The molecule has 0 saturated carbocycles. The molecule has 0 radical (unpaired) electrons. The largest absolute Gasteiger partial charge is 0.350 e. The topological polar surface area (TPSA) is 44.4 Å². The standard InChI is InChI=1S/C11H25N3O/c1-8(2)10(7-14(5)6)13-11(15)9(3)12-4/h8-10,12H,7H2,1-6H3,(H,13,15). The van der Waals surface area contributed by atoms with Crippen LogP contribution in [-0.4, -0.2) is 50.6 Å². The van der Waals surface area contributed by atoms with Gasteiger partial charge in [-0.1, -0.05) is 13.8 Å². The minimum absolute atomic E-state index is 0.0676. The van der Waals surface area contributed by atoms with Crippen LogP contribution >= 0.6 is 0 Å². The van der Waals surface area contributed by atoms with Crippen molar-refractivity contribution in [2.45, 2.75) is 32.9 Å². The highest BCUT2D eigenvalue weighted by atomic mass is 16.2. The van der Waals surface area contributed by atoms with Crippen LogP contribution in [0.3, 0.4) is 0 Å². The van der Waals surface area contributed by atoms with E-state index < -0.39 is 0 Å². The molecule has 2 atom stereocenters. The minimum atomic E-state index is -0.131. The van der Waals surface area contributed by atoms with Gasteiger partial charge < -0.3 is 15.5 Å². The molecule has 0 bridgehead atoms. The van der Waals surface area contributed by atoms with Crippen LogP contribution in [-0.2, 0) is 4.79 Å². The Bertz CT molecular complexity index is 192. The normalized spacial score (nSPS) is 15.5. The summed E-state index contributed by atoms with van der Waals surface area (Å²) in [5.41, 5.74) is 0. The number of carbonyl (C=O) groups excluding carboxylic acids is 1. The maximum absolute atomic E-state index is 11.7. The second kappa shape index (κ2) is 6.80. The van der Waals surface area contributed by atoms with Gasteiger partial charge in [-0.05, 0) is 34.0 Å². The highest BCUT2D eigenvalue weighted by molar-refractivity contribution is 5.81. The van der Waals surface area contributed by atoms with E-state index in [-0.39, 0.29) is 18.0 Å². The molecule has 15 heavy (non-hydrogen) atoms. The maximum atomic E-state index is 11.7. The molecule has 0 aromatic carbocycles. The quantitative estimate of drug-likeness (QED) is 0.670. The van der Waals surface area contributed by atoms with Crippen LogP contribution in [0.2, 0.25) is 0 Å². The van der Waals surface area contributed by atoms with Gasteiger partial charge in [-0.3, -0.25) is 4.79 Å². The van der Waals surface area contributed by atoms with Gasteiger partial charge in [0.2, 0.25) is 5.91 Å². The summed E-state index contributed by atoms with van der Waals surface area (Å²) in [6, 6.07) is 0.0803. The van der Waals surface area contributed by atoms with Gasteiger partial charge in [-0.15, -0.1) is 0 Å². The maximum Gasteiger partial charge on any atom is 0.237 e. The van der Waals surface area contributed by atoms with Crippen molar-refractivity contribution >= 4 is 5.91 Å². The Morgan fingerprint density at radius 1 is 1.27 bits per heavy atom. The average molecular weight is 215 g/mol. The molecule has 4 heteroatoms. The monoisotopic (exact) mass is 215 g/mol. The van der Waals surface area contributed by atoms with E-state index in [1.807, 2.05) is 21.0 Å². The SMILES string of the molecule is CNC(C)C(=O)NC(CN(C)C)C(C)C. The molecule has 2 unspecified atom stereocenters. The van der Waals surface area contributed by atoms with Gasteiger partial charge in [0.15, 0.2) is 0 Å². The Labute approximate surface area is 93.4 Å². The van der Waals surface area contributed by atoms with E-state index in [0.29, 0.717) is 5.92 Å². The van der Waals surface area contributed by atoms with Crippen molar-refractivity contribution in [1.82, 2.24) is 15.5 Å². The zero-order valence-corrected chi connectivity index (χ0v) is 10.8. The number of likely N-dealkylation sites (N-methyl/N-ethyl adjacent to an activating group) is 2. The number of hydrogen-bond donors (Lipinski definition) is 2. The molecule has 4 nitrogen and oxygen atoms in total. The molecule has 0 heterocycles. The van der Waals surface area contributed by atoms with Crippen molar-refractivity contribution < 1.29 is 4.79 Å². The van der Waals surface area contributed by atoms with Crippen LogP contribution in [0.15, 0.2) is 0 Å². The lowest BCUT2D eigenvalue weighted by Gasteiger charge is -2.26. The Hall–Kier alpha value is -0.610. The first-order chi connectivity index (χ1) is 6.88. The van der Waals surface area contributed by atoms with E-state index in [0.717, 1.165) is 6.54 Å². The Morgan fingerprint density at radius 2 is 1.80 bits per heavy atom. The first-order valence-corrected chi connectivity index (χ1v) is 5.50. The van der Waals surface area contributed by atoms with Crippen molar-refractivity contribution in [2.75, 3.05) is 27.7 Å². The summed E-state index contributed by atoms with van der Waals surface area (Å²) in [7, 11) is 5.83. The van der Waals surface area contributed by atoms with Crippen LogP contribution in [0.5, 0.6) is 0 Å². The van der Waals surface area contributed by atoms with Crippen molar-refractivity contribution in [3.8, 4) is 0 Å². The molecule has 0 aliphatic rings. The predicted molar refractivity (Wildman–Crippen MR) is 63.8 cm³/mol. The second-order valence-electron chi connectivity index (χ2n) is 4.63. The van der Waals surface area contributed by atoms with Gasteiger partial charge >= 0.3 is 0 Å². The van der Waals surface area contributed by atoms with E-state index >= 15 is 0 Å². The lowest BCUT2D eigenvalue weighted by atomic mass is 10.0. The number of amides is 1. The minimum Gasteiger partial charge on any atom is -0.350 e. The van der Waals surface area contributed by atoms with Crippen LogP contribution in [0.25, 0.3) is 0 Å². The van der Waals surface area contributed by atoms with Gasteiger partial charge in [0.25, 0.3) is 0 Å². The molecule has 1 amide bonds. The summed E-state index contributed by atoms with van der Waals surface area (Å²) in [4.78, 5) is 13.8. The van der Waals surface area contributed by atoms with Crippen LogP contribution < -0.4 is 10.6 Å². The molecule has 2 N–H and O–H groups in total. The smallest absolute Gasteiger partial charge is 0.237 e. The van der Waals surface area contributed by atoms with E-state index in [1.165, 1.54) is 0 Å². The number of hydrogen-bond acceptors (Lipinski definition) is 3. The molecule has 0 aromatic rings. The Kier molecular flexibility index (Phi) is 6.52. The van der Waals surface area contributed by atoms with Crippen LogP contribution in [0, 0.1) is 5.92 Å². The Morgan fingerprint density at radius 3 is 2.13 bits per heavy atom. The van der Waals surface area contributed by atoms with Gasteiger partial charge in [0.05, 0.1) is 6.04 Å². The second-order valence-corrected chi connectivity index (χ2v) is 4.63. The van der Waals surface area contributed by atoms with E-state index in [9.17, 15) is 4.79 Å². The van der Waals surface area contributed by atoms with E-state index in [1.54, 1.807) is 7.05 Å². The number of nitrogens with zero attached hydrogens (tertiary/aromatic N) is 1. The lowest BCUT2D eigenvalue weighted by molar-refractivity contribution is -0.123. The first kappa shape index (κ1) is 14.4. The summed E-state index contributed by atoms with van der Waals surface area (Å²) < 4.78 is 0. The third-order valence-electron chi connectivity index (χ3n) is 2.52. The average Bonchev–Trinajstić information content (AvgIpc) is 2.14. The van der Waals surface area contributed by atoms with E-state index in [4.69, 9.17) is 0 Å². The van der Waals surface area contributed by atoms with Gasteiger partial charge in [-0.2, -0.15) is 0 Å². The first-order valence-electron chi connectivity index (χ1n) is 5.50. The molecular formula is C11H25N3O. The predicted octanol–water partition coefficient (Wildman–Crippen LogP) is 0.297. The third-order valence-corrected chi connectivity index (χ3v) is 2.52. The number of rotatable bonds is 6. The van der Waals surface area contributed by atoms with E-state index in [2.05, 4.69) is 29.4 Å². The molecule has 0 rings (SSSR count). The van der Waals surface area contributed by atoms with Crippen molar-refractivity contribution in [1.29, 1.82) is 0 Å². The van der Waals surface area contributed by atoms with Crippen molar-refractivity contribution in [2.24, 2.45) is 5.92 Å². The summed E-state index contributed by atoms with van der Waals surface area (Å²) in [6.07, 6.45) is 0. The third kappa shape index (κ3) is 5.74. The summed E-state index contributed by atoms with van der Waals surface area (Å²) in [5, 5.41) is 5.99. The lowest BCUT2D eigenvalue weighted by Crippen LogP contribution is -2.50. The number of carbonyl (C=O) groups is 1. The fraction of sp³-hybridized carbons (Fsp3) is 0.909. The molecule has 0 fully saturated rings. The summed E-state index contributed by atoms with van der Waals surface area (Å²) >= 11 is 0. The molecule has 0 spiro atoms. The zero-order valence-electron chi connectivity index (χ0n) is 10.8. The van der Waals surface area contributed by atoms with Crippen LogP contribution in [0.1, 0.15) is 20.8 Å². The van der Waals surface area contributed by atoms with Gasteiger partial charge in [0, 0.05) is 12.6 Å². The highest BCUT2D eigenvalue weighted by Gasteiger charge is 2.19. The zero-order chi connectivity index (χ0) is 12.0. The molecule has 0 saturated heterocycles. The van der Waals surface area contributed by atoms with Crippen molar-refractivity contribution in [3.63, 3.8) is 0 Å². The van der Waals surface area contributed by atoms with Gasteiger partial charge in [0.1, 0.15) is 0 Å². The van der Waals surface area contributed by atoms with Crippen molar-refractivity contribution in [3.05, 3.63) is 0 Å². The summed E-state index contributed by atoms with van der Waals surface area (Å²) in [5.74, 6) is 0.512. The fourth-order valence-electron chi connectivity index (χ4n) is 1.26. The molecule has 0 aliphatic heterocycles. The Balaban J connectivity index is 4.22. The summed E-state index contributed by atoms with van der Waals surface area (Å²) in [6.45, 7) is 6.99. The van der Waals surface area contributed by atoms with Crippen LogP contribution in [0.4, 0.5) is 0 Å². The van der Waals surface area contributed by atoms with Gasteiger partial charge in [-0.25, -0.2) is 0 Å². The number of nitrogens with one attached hydrogen (secondary N) is 2. The molecule has 90 valence electrons. The fourth-order valence-corrected chi connectivity index (χ4v) is 1.26. The molecular weight excluding hydrogens is 190 g/mol. The molecule has 0 aliphatic carbocycles.